The Labute approximate surface area is 145 Å². The number of hydrogen-bond acceptors (Lipinski definition) is 4. The van der Waals surface area contributed by atoms with Gasteiger partial charge < -0.3 is 20.8 Å². The number of carbonyl (C=O) groups is 1. The van der Waals surface area contributed by atoms with E-state index in [0.29, 0.717) is 31.7 Å². The first kappa shape index (κ1) is 15.8. The minimum Gasteiger partial charge on any atom is -0.381 e. The first-order valence-corrected chi connectivity index (χ1v) is 8.37. The van der Waals surface area contributed by atoms with Crippen LogP contribution >= 0.6 is 0 Å². The van der Waals surface area contributed by atoms with Crippen molar-refractivity contribution in [2.24, 2.45) is 5.73 Å². The number of H-pyrrole nitrogens is 1. The molecule has 1 fully saturated rings. The predicted octanol–water partition coefficient (Wildman–Crippen LogP) is 2.68. The van der Waals surface area contributed by atoms with Crippen LogP contribution in [-0.4, -0.2) is 34.6 Å². The molecule has 128 valence electrons. The van der Waals surface area contributed by atoms with Crippen molar-refractivity contribution in [1.82, 2.24) is 9.97 Å². The molecule has 0 bridgehead atoms. The second-order valence-corrected chi connectivity index (χ2v) is 6.41. The molecule has 0 aliphatic carbocycles. The highest BCUT2D eigenvalue weighted by atomic mass is 16.5. The molecule has 1 aromatic heterocycles. The van der Waals surface area contributed by atoms with Gasteiger partial charge in [-0.25, -0.2) is 4.98 Å². The van der Waals surface area contributed by atoms with Crippen LogP contribution in [0.5, 0.6) is 0 Å². The summed E-state index contributed by atoms with van der Waals surface area (Å²) in [5.41, 5.74) is 8.88. The number of fused-ring (bicyclic) bond motifs is 1. The molecular weight excluding hydrogens is 316 g/mol. The number of aromatic nitrogens is 2. The van der Waals surface area contributed by atoms with Gasteiger partial charge in [0.05, 0.1) is 11.0 Å². The van der Waals surface area contributed by atoms with E-state index in [4.69, 9.17) is 10.5 Å². The van der Waals surface area contributed by atoms with E-state index < -0.39 is 5.54 Å². The van der Waals surface area contributed by atoms with Crippen LogP contribution in [0.2, 0.25) is 0 Å². The van der Waals surface area contributed by atoms with Gasteiger partial charge in [0.1, 0.15) is 11.4 Å². The first-order chi connectivity index (χ1) is 12.1. The SMILES string of the molecule is NC1(C(=O)Nc2cccc(-c3nc4ccccc4[nH]3)c2)CCOCC1. The summed E-state index contributed by atoms with van der Waals surface area (Å²) in [5, 5.41) is 2.93. The summed E-state index contributed by atoms with van der Waals surface area (Å²) in [6.07, 6.45) is 1.06. The minimum atomic E-state index is -0.867. The van der Waals surface area contributed by atoms with Gasteiger partial charge in [-0.2, -0.15) is 0 Å². The lowest BCUT2D eigenvalue weighted by Crippen LogP contribution is -2.54. The number of imidazole rings is 1. The van der Waals surface area contributed by atoms with Crippen LogP contribution in [0.25, 0.3) is 22.4 Å². The molecule has 2 heterocycles. The Balaban J connectivity index is 1.58. The van der Waals surface area contributed by atoms with Gasteiger partial charge in [0, 0.05) is 24.5 Å². The fraction of sp³-hybridized carbons (Fsp3) is 0.263. The van der Waals surface area contributed by atoms with E-state index in [1.165, 1.54) is 0 Å². The smallest absolute Gasteiger partial charge is 0.244 e. The van der Waals surface area contributed by atoms with Gasteiger partial charge in [-0.05, 0) is 37.1 Å². The van der Waals surface area contributed by atoms with Gasteiger partial charge in [0.15, 0.2) is 0 Å². The molecule has 0 radical (unpaired) electrons. The number of para-hydroxylation sites is 2. The summed E-state index contributed by atoms with van der Waals surface area (Å²) in [6.45, 7) is 1.03. The van der Waals surface area contributed by atoms with E-state index in [0.717, 1.165) is 22.4 Å². The standard InChI is InChI=1S/C19H20N4O2/c20-19(8-10-25-11-9-19)18(24)21-14-5-3-4-13(12-14)17-22-15-6-1-2-7-16(15)23-17/h1-7,12H,8-11,20H2,(H,21,24)(H,22,23). The molecule has 25 heavy (non-hydrogen) atoms. The normalized spacial score (nSPS) is 16.7. The third-order valence-corrected chi connectivity index (χ3v) is 4.62. The van der Waals surface area contributed by atoms with Crippen LogP contribution in [0.4, 0.5) is 5.69 Å². The van der Waals surface area contributed by atoms with Gasteiger partial charge in [-0.15, -0.1) is 0 Å². The number of aromatic amines is 1. The Morgan fingerprint density at radius 3 is 2.76 bits per heavy atom. The molecule has 3 aromatic rings. The lowest BCUT2D eigenvalue weighted by molar-refractivity contribution is -0.124. The number of ether oxygens (including phenoxy) is 1. The zero-order valence-electron chi connectivity index (χ0n) is 13.8. The third kappa shape index (κ3) is 3.14. The number of rotatable bonds is 3. The number of hydrogen-bond donors (Lipinski definition) is 3. The fourth-order valence-corrected chi connectivity index (χ4v) is 3.05. The predicted molar refractivity (Wildman–Crippen MR) is 97.1 cm³/mol. The van der Waals surface area contributed by atoms with Gasteiger partial charge in [0.2, 0.25) is 5.91 Å². The van der Waals surface area contributed by atoms with Crippen molar-refractivity contribution < 1.29 is 9.53 Å². The summed E-state index contributed by atoms with van der Waals surface area (Å²) in [6, 6.07) is 15.5. The van der Waals surface area contributed by atoms with Crippen molar-refractivity contribution in [2.45, 2.75) is 18.4 Å². The van der Waals surface area contributed by atoms with Gasteiger partial charge in [-0.3, -0.25) is 4.79 Å². The van der Waals surface area contributed by atoms with E-state index in [9.17, 15) is 4.79 Å². The third-order valence-electron chi connectivity index (χ3n) is 4.62. The Bertz CT molecular complexity index is 879. The highest BCUT2D eigenvalue weighted by Crippen LogP contribution is 2.25. The fourth-order valence-electron chi connectivity index (χ4n) is 3.05. The lowest BCUT2D eigenvalue weighted by atomic mass is 9.90. The number of amides is 1. The first-order valence-electron chi connectivity index (χ1n) is 8.37. The Hall–Kier alpha value is -2.70. The largest absolute Gasteiger partial charge is 0.381 e. The maximum absolute atomic E-state index is 12.6. The molecule has 6 heteroatoms. The Morgan fingerprint density at radius 2 is 1.96 bits per heavy atom. The second-order valence-electron chi connectivity index (χ2n) is 6.41. The van der Waals surface area contributed by atoms with E-state index in [1.54, 1.807) is 0 Å². The Morgan fingerprint density at radius 1 is 1.16 bits per heavy atom. The number of anilines is 1. The van der Waals surface area contributed by atoms with Crippen molar-refractivity contribution in [3.05, 3.63) is 48.5 Å². The molecule has 1 saturated heterocycles. The second kappa shape index (κ2) is 6.31. The highest BCUT2D eigenvalue weighted by molar-refractivity contribution is 5.98. The van der Waals surface area contributed by atoms with Crippen LogP contribution in [0, 0.1) is 0 Å². The monoisotopic (exact) mass is 336 g/mol. The van der Waals surface area contributed by atoms with Gasteiger partial charge in [-0.1, -0.05) is 24.3 Å². The molecule has 4 rings (SSSR count). The van der Waals surface area contributed by atoms with Crippen molar-refractivity contribution in [3.8, 4) is 11.4 Å². The highest BCUT2D eigenvalue weighted by Gasteiger charge is 2.35. The zero-order chi connectivity index (χ0) is 17.3. The minimum absolute atomic E-state index is 0.169. The molecule has 4 N–H and O–H groups in total. The number of nitrogens with zero attached hydrogens (tertiary/aromatic N) is 1. The maximum atomic E-state index is 12.6. The molecule has 0 atom stereocenters. The van der Waals surface area contributed by atoms with Crippen LogP contribution in [0.3, 0.4) is 0 Å². The summed E-state index contributed by atoms with van der Waals surface area (Å²) < 4.78 is 5.30. The van der Waals surface area contributed by atoms with Gasteiger partial charge >= 0.3 is 0 Å². The number of nitrogens with two attached hydrogens (primary N) is 1. The summed E-state index contributed by atoms with van der Waals surface area (Å²) in [5.74, 6) is 0.600. The summed E-state index contributed by atoms with van der Waals surface area (Å²) >= 11 is 0. The molecule has 6 nitrogen and oxygen atoms in total. The van der Waals surface area contributed by atoms with Crippen LogP contribution in [-0.2, 0) is 9.53 Å². The van der Waals surface area contributed by atoms with Crippen molar-refractivity contribution in [2.75, 3.05) is 18.5 Å². The van der Waals surface area contributed by atoms with E-state index in [2.05, 4.69) is 15.3 Å². The Kier molecular flexibility index (Phi) is 3.99. The molecule has 1 aliphatic rings. The summed E-state index contributed by atoms with van der Waals surface area (Å²) in [7, 11) is 0. The van der Waals surface area contributed by atoms with Crippen LogP contribution < -0.4 is 11.1 Å². The van der Waals surface area contributed by atoms with Crippen LogP contribution in [0.15, 0.2) is 48.5 Å². The number of nitrogens with one attached hydrogen (secondary N) is 2. The average Bonchev–Trinajstić information content (AvgIpc) is 3.07. The molecule has 1 aliphatic heterocycles. The van der Waals surface area contributed by atoms with Crippen molar-refractivity contribution >= 4 is 22.6 Å². The quantitative estimate of drug-likeness (QED) is 0.685. The maximum Gasteiger partial charge on any atom is 0.244 e. The van der Waals surface area contributed by atoms with E-state index >= 15 is 0 Å². The lowest BCUT2D eigenvalue weighted by Gasteiger charge is -2.31. The zero-order valence-corrected chi connectivity index (χ0v) is 13.8. The van der Waals surface area contributed by atoms with Crippen molar-refractivity contribution in [1.29, 1.82) is 0 Å². The van der Waals surface area contributed by atoms with Gasteiger partial charge in [0.25, 0.3) is 0 Å². The molecule has 1 amide bonds. The number of benzene rings is 2. The summed E-state index contributed by atoms with van der Waals surface area (Å²) in [4.78, 5) is 20.5. The van der Waals surface area contributed by atoms with Crippen LogP contribution in [0.1, 0.15) is 12.8 Å². The van der Waals surface area contributed by atoms with E-state index in [1.807, 2.05) is 48.5 Å². The average molecular weight is 336 g/mol. The number of carbonyl (C=O) groups excluding carboxylic acids is 1. The van der Waals surface area contributed by atoms with E-state index in [-0.39, 0.29) is 5.91 Å². The van der Waals surface area contributed by atoms with Crippen molar-refractivity contribution in [3.63, 3.8) is 0 Å². The molecule has 0 spiro atoms. The molecule has 2 aromatic carbocycles. The topological polar surface area (TPSA) is 93.0 Å². The molecule has 0 unspecified atom stereocenters. The molecule has 0 saturated carbocycles. The molecular formula is C19H20N4O2.